The highest BCUT2D eigenvalue weighted by molar-refractivity contribution is 7.08. The second kappa shape index (κ2) is 6.20. The maximum absolute atomic E-state index is 11.8. The Labute approximate surface area is 130 Å². The van der Waals surface area contributed by atoms with Crippen LogP contribution in [0.1, 0.15) is 11.9 Å². The van der Waals surface area contributed by atoms with E-state index < -0.39 is 18.2 Å². The fraction of sp³-hybridized carbons (Fsp3) is 0.286. The van der Waals surface area contributed by atoms with E-state index in [2.05, 4.69) is 10.6 Å². The zero-order chi connectivity index (χ0) is 15.5. The second-order valence-electron chi connectivity index (χ2n) is 4.80. The molecule has 0 bridgehead atoms. The number of nitrogens with one attached hydrogen (secondary N) is 2. The van der Waals surface area contributed by atoms with Crippen molar-refractivity contribution >= 4 is 23.4 Å². The average molecular weight is 321 g/mol. The standard InChI is InChI=1S/C14H15N3O4S/c18-10(7-16-14(20)17-5-4-15-13(17)19)12-2-1-11(21-12)9-3-6-22-8-9/h1-3,6,8,10,18H,4-5,7H2,(H,15,19)(H,16,20)/t10-/m0/s1. The normalized spacial score (nSPS) is 15.7. The molecule has 8 heteroatoms. The van der Waals surface area contributed by atoms with E-state index in [1.165, 1.54) is 0 Å². The fourth-order valence-corrected chi connectivity index (χ4v) is 2.78. The van der Waals surface area contributed by atoms with E-state index >= 15 is 0 Å². The topological polar surface area (TPSA) is 94.8 Å². The van der Waals surface area contributed by atoms with Crippen molar-refractivity contribution in [2.75, 3.05) is 19.6 Å². The molecule has 0 aromatic carbocycles. The Bertz CT molecular complexity index is 667. The van der Waals surface area contributed by atoms with E-state index in [1.807, 2.05) is 16.8 Å². The number of rotatable bonds is 4. The van der Waals surface area contributed by atoms with Gasteiger partial charge in [0.25, 0.3) is 0 Å². The smallest absolute Gasteiger partial charge is 0.325 e. The largest absolute Gasteiger partial charge is 0.458 e. The van der Waals surface area contributed by atoms with Gasteiger partial charge < -0.3 is 20.2 Å². The Hall–Kier alpha value is -2.32. The summed E-state index contributed by atoms with van der Waals surface area (Å²) in [5.41, 5.74) is 0.946. The summed E-state index contributed by atoms with van der Waals surface area (Å²) in [5.74, 6) is 1.04. The van der Waals surface area contributed by atoms with E-state index in [1.54, 1.807) is 23.5 Å². The number of urea groups is 2. The first-order chi connectivity index (χ1) is 10.6. The molecule has 116 valence electrons. The number of amides is 4. The van der Waals surface area contributed by atoms with Crippen LogP contribution in [0.5, 0.6) is 0 Å². The molecule has 0 aliphatic carbocycles. The lowest BCUT2D eigenvalue weighted by atomic mass is 10.2. The maximum atomic E-state index is 11.8. The van der Waals surface area contributed by atoms with Crippen molar-refractivity contribution in [3.8, 4) is 11.3 Å². The number of furan rings is 1. The van der Waals surface area contributed by atoms with Crippen molar-refractivity contribution in [2.24, 2.45) is 0 Å². The number of hydrogen-bond donors (Lipinski definition) is 3. The highest BCUT2D eigenvalue weighted by Crippen LogP contribution is 2.26. The van der Waals surface area contributed by atoms with Gasteiger partial charge >= 0.3 is 12.1 Å². The molecule has 1 aliphatic rings. The van der Waals surface area contributed by atoms with Crippen molar-refractivity contribution in [3.05, 3.63) is 34.7 Å². The van der Waals surface area contributed by atoms with Gasteiger partial charge in [0.1, 0.15) is 17.6 Å². The molecule has 0 spiro atoms. The number of nitrogens with zero attached hydrogens (tertiary/aromatic N) is 1. The Balaban J connectivity index is 1.57. The van der Waals surface area contributed by atoms with Crippen LogP contribution < -0.4 is 10.6 Å². The van der Waals surface area contributed by atoms with E-state index in [0.29, 0.717) is 24.6 Å². The summed E-state index contributed by atoms with van der Waals surface area (Å²) in [6.07, 6.45) is -0.970. The molecule has 2 aromatic rings. The predicted octanol–water partition coefficient (Wildman–Crippen LogP) is 1.78. The van der Waals surface area contributed by atoms with Crippen LogP contribution in [-0.4, -0.2) is 41.7 Å². The van der Waals surface area contributed by atoms with Crippen LogP contribution in [-0.2, 0) is 0 Å². The van der Waals surface area contributed by atoms with Gasteiger partial charge in [-0.15, -0.1) is 0 Å². The van der Waals surface area contributed by atoms with Crippen LogP contribution in [0.4, 0.5) is 9.59 Å². The lowest BCUT2D eigenvalue weighted by Crippen LogP contribution is -2.43. The summed E-state index contributed by atoms with van der Waals surface area (Å²) >= 11 is 1.56. The molecule has 3 heterocycles. The van der Waals surface area contributed by atoms with E-state index in [-0.39, 0.29) is 6.54 Å². The van der Waals surface area contributed by atoms with Gasteiger partial charge in [-0.2, -0.15) is 11.3 Å². The molecule has 3 rings (SSSR count). The van der Waals surface area contributed by atoms with Gasteiger partial charge in [0.15, 0.2) is 0 Å². The average Bonchev–Trinajstić information content (AvgIpc) is 3.23. The minimum atomic E-state index is -0.970. The summed E-state index contributed by atoms with van der Waals surface area (Å²) in [4.78, 5) is 24.2. The number of thiophene rings is 1. The summed E-state index contributed by atoms with van der Waals surface area (Å²) in [5, 5.41) is 19.0. The van der Waals surface area contributed by atoms with Gasteiger partial charge in [-0.25, -0.2) is 14.5 Å². The lowest BCUT2D eigenvalue weighted by Gasteiger charge is -2.15. The number of hydrogen-bond acceptors (Lipinski definition) is 5. The highest BCUT2D eigenvalue weighted by Gasteiger charge is 2.26. The highest BCUT2D eigenvalue weighted by atomic mass is 32.1. The minimum absolute atomic E-state index is 0.0286. The number of imide groups is 1. The number of aliphatic hydroxyl groups is 1. The van der Waals surface area contributed by atoms with Crippen molar-refractivity contribution in [1.29, 1.82) is 0 Å². The molecular weight excluding hydrogens is 306 g/mol. The molecule has 0 unspecified atom stereocenters. The summed E-state index contributed by atoms with van der Waals surface area (Å²) < 4.78 is 5.58. The van der Waals surface area contributed by atoms with E-state index in [9.17, 15) is 14.7 Å². The van der Waals surface area contributed by atoms with Gasteiger partial charge in [0, 0.05) is 24.0 Å². The summed E-state index contributed by atoms with van der Waals surface area (Å²) in [6, 6.07) is 4.42. The first kappa shape index (κ1) is 14.6. The van der Waals surface area contributed by atoms with Crippen LogP contribution in [0.15, 0.2) is 33.4 Å². The summed E-state index contributed by atoms with van der Waals surface area (Å²) in [7, 11) is 0. The molecule has 2 aromatic heterocycles. The van der Waals surface area contributed by atoms with Crippen LogP contribution in [0.2, 0.25) is 0 Å². The number of aliphatic hydroxyl groups excluding tert-OH is 1. The van der Waals surface area contributed by atoms with Gasteiger partial charge in [0.05, 0.1) is 6.54 Å². The Morgan fingerprint density at radius 2 is 2.36 bits per heavy atom. The molecule has 3 N–H and O–H groups in total. The van der Waals surface area contributed by atoms with Crippen LogP contribution in [0.3, 0.4) is 0 Å². The van der Waals surface area contributed by atoms with Crippen molar-refractivity contribution < 1.29 is 19.1 Å². The Morgan fingerprint density at radius 1 is 1.50 bits per heavy atom. The quantitative estimate of drug-likeness (QED) is 0.800. The van der Waals surface area contributed by atoms with Gasteiger partial charge in [-0.1, -0.05) is 0 Å². The molecule has 1 atom stereocenters. The maximum Gasteiger partial charge on any atom is 0.325 e. The van der Waals surface area contributed by atoms with Crippen LogP contribution >= 0.6 is 11.3 Å². The van der Waals surface area contributed by atoms with Crippen LogP contribution in [0, 0.1) is 0 Å². The predicted molar refractivity (Wildman–Crippen MR) is 80.5 cm³/mol. The molecular formula is C14H15N3O4S. The molecule has 1 fully saturated rings. The molecule has 1 saturated heterocycles. The van der Waals surface area contributed by atoms with Gasteiger partial charge in [-0.05, 0) is 23.6 Å². The zero-order valence-electron chi connectivity index (χ0n) is 11.6. The van der Waals surface area contributed by atoms with Crippen molar-refractivity contribution in [1.82, 2.24) is 15.5 Å². The monoisotopic (exact) mass is 321 g/mol. The molecule has 0 radical (unpaired) electrons. The molecule has 22 heavy (non-hydrogen) atoms. The molecule has 1 aliphatic heterocycles. The first-order valence-corrected chi connectivity index (χ1v) is 7.73. The lowest BCUT2D eigenvalue weighted by molar-refractivity contribution is 0.145. The van der Waals surface area contributed by atoms with E-state index in [4.69, 9.17) is 4.42 Å². The second-order valence-corrected chi connectivity index (χ2v) is 5.58. The molecule has 4 amide bonds. The van der Waals surface area contributed by atoms with E-state index in [0.717, 1.165) is 10.5 Å². The first-order valence-electron chi connectivity index (χ1n) is 6.78. The Kier molecular flexibility index (Phi) is 4.12. The summed E-state index contributed by atoms with van der Waals surface area (Å²) in [6.45, 7) is 0.736. The number of carbonyl (C=O) groups is 2. The third-order valence-corrected chi connectivity index (χ3v) is 3.99. The molecule has 7 nitrogen and oxygen atoms in total. The third kappa shape index (κ3) is 2.97. The van der Waals surface area contributed by atoms with Gasteiger partial charge in [-0.3, -0.25) is 0 Å². The Morgan fingerprint density at radius 3 is 3.05 bits per heavy atom. The van der Waals surface area contributed by atoms with Crippen LogP contribution in [0.25, 0.3) is 11.3 Å². The minimum Gasteiger partial charge on any atom is -0.458 e. The molecule has 0 saturated carbocycles. The number of carbonyl (C=O) groups excluding carboxylic acids is 2. The van der Waals surface area contributed by atoms with Gasteiger partial charge in [0.2, 0.25) is 0 Å². The van der Waals surface area contributed by atoms with Crippen molar-refractivity contribution in [2.45, 2.75) is 6.10 Å². The SMILES string of the molecule is O=C1NCCN1C(=O)NC[C@H](O)c1ccc(-c2ccsc2)o1. The third-order valence-electron chi connectivity index (χ3n) is 3.31. The zero-order valence-corrected chi connectivity index (χ0v) is 12.4. The fourth-order valence-electron chi connectivity index (χ4n) is 2.14. The van der Waals surface area contributed by atoms with Crippen molar-refractivity contribution in [3.63, 3.8) is 0 Å².